The fourth-order valence-corrected chi connectivity index (χ4v) is 1.71. The van der Waals surface area contributed by atoms with Gasteiger partial charge in [-0.05, 0) is 41.6 Å². The van der Waals surface area contributed by atoms with E-state index in [1.807, 2.05) is 24.3 Å². The van der Waals surface area contributed by atoms with Gasteiger partial charge >= 0.3 is 0 Å². The van der Waals surface area contributed by atoms with Crippen LogP contribution in [0.25, 0.3) is 0 Å². The number of nitrogens with zero attached hydrogens (tertiary/aromatic N) is 2. The van der Waals surface area contributed by atoms with Crippen molar-refractivity contribution in [2.75, 3.05) is 7.05 Å². The molecule has 0 radical (unpaired) electrons. The van der Waals surface area contributed by atoms with Gasteiger partial charge in [0.15, 0.2) is 0 Å². The highest BCUT2D eigenvalue weighted by molar-refractivity contribution is 14.1. The summed E-state index contributed by atoms with van der Waals surface area (Å²) in [5.41, 5.74) is 0.641. The Hall–Kier alpha value is -1.09. The van der Waals surface area contributed by atoms with Gasteiger partial charge in [-0.25, -0.2) is 0 Å². The minimum absolute atomic E-state index is 0.117. The monoisotopic (exact) mass is 314 g/mol. The summed E-state index contributed by atoms with van der Waals surface area (Å²) in [6, 6.07) is 8.97. The average molecular weight is 314 g/mol. The minimum Gasteiger partial charge on any atom is -0.326 e. The number of nitriles is 1. The topological polar surface area (TPSA) is 44.1 Å². The van der Waals surface area contributed by atoms with E-state index in [2.05, 4.69) is 22.6 Å². The molecule has 0 aromatic heterocycles. The van der Waals surface area contributed by atoms with E-state index in [0.717, 1.165) is 3.57 Å². The lowest BCUT2D eigenvalue weighted by Gasteiger charge is -2.19. The number of amides is 1. The third-order valence-corrected chi connectivity index (χ3v) is 3.13. The first-order valence-electron chi connectivity index (χ1n) is 4.49. The van der Waals surface area contributed by atoms with Crippen molar-refractivity contribution in [3.63, 3.8) is 0 Å². The summed E-state index contributed by atoms with van der Waals surface area (Å²) in [4.78, 5) is 13.4. The molecule has 0 aliphatic carbocycles. The maximum absolute atomic E-state index is 11.9. The molecule has 4 heteroatoms. The van der Waals surface area contributed by atoms with Crippen molar-refractivity contribution < 1.29 is 4.79 Å². The zero-order valence-electron chi connectivity index (χ0n) is 8.57. The molecule has 0 bridgehead atoms. The maximum atomic E-state index is 11.9. The van der Waals surface area contributed by atoms with E-state index in [1.54, 1.807) is 20.0 Å². The summed E-state index contributed by atoms with van der Waals surface area (Å²) in [6.07, 6.45) is 0. The van der Waals surface area contributed by atoms with Crippen LogP contribution in [-0.4, -0.2) is 23.9 Å². The Balaban J connectivity index is 2.96. The first-order valence-corrected chi connectivity index (χ1v) is 5.57. The van der Waals surface area contributed by atoms with Crippen molar-refractivity contribution in [2.45, 2.75) is 13.0 Å². The van der Waals surface area contributed by atoms with E-state index in [9.17, 15) is 4.79 Å². The van der Waals surface area contributed by atoms with Crippen molar-refractivity contribution in [3.8, 4) is 6.07 Å². The van der Waals surface area contributed by atoms with Crippen LogP contribution in [0.1, 0.15) is 17.3 Å². The molecular formula is C11H11IN2O. The lowest BCUT2D eigenvalue weighted by Crippen LogP contribution is -2.34. The molecular weight excluding hydrogens is 303 g/mol. The molecule has 3 nitrogen and oxygen atoms in total. The Bertz CT molecular complexity index is 411. The second-order valence-electron chi connectivity index (χ2n) is 3.20. The molecule has 78 valence electrons. The number of rotatable bonds is 2. The van der Waals surface area contributed by atoms with Gasteiger partial charge in [0.25, 0.3) is 5.91 Å². The number of carbonyl (C=O) groups excluding carboxylic acids is 1. The highest BCUT2D eigenvalue weighted by atomic mass is 127. The van der Waals surface area contributed by atoms with E-state index in [-0.39, 0.29) is 5.91 Å². The standard InChI is InChI=1S/C11H11IN2O/c1-8(7-13)14(2)11(15)9-5-3-4-6-10(9)12/h3-6,8H,1-2H3. The van der Waals surface area contributed by atoms with Crippen LogP contribution in [0, 0.1) is 14.9 Å². The highest BCUT2D eigenvalue weighted by Gasteiger charge is 2.18. The molecule has 1 aromatic carbocycles. The van der Waals surface area contributed by atoms with Gasteiger partial charge in [0.1, 0.15) is 6.04 Å². The highest BCUT2D eigenvalue weighted by Crippen LogP contribution is 2.14. The van der Waals surface area contributed by atoms with Gasteiger partial charge in [-0.3, -0.25) is 4.79 Å². The molecule has 0 saturated heterocycles. The first kappa shape index (κ1) is 12.0. The molecule has 0 saturated carbocycles. The number of hydrogen-bond donors (Lipinski definition) is 0. The Labute approximate surface area is 103 Å². The van der Waals surface area contributed by atoms with Gasteiger partial charge in [0, 0.05) is 10.6 Å². The summed E-state index contributed by atoms with van der Waals surface area (Å²) in [7, 11) is 1.64. The third-order valence-electron chi connectivity index (χ3n) is 2.19. The van der Waals surface area contributed by atoms with Gasteiger partial charge in [-0.15, -0.1) is 0 Å². The van der Waals surface area contributed by atoms with Crippen molar-refractivity contribution in [1.29, 1.82) is 5.26 Å². The van der Waals surface area contributed by atoms with Gasteiger partial charge in [-0.2, -0.15) is 5.26 Å². The predicted octanol–water partition coefficient (Wildman–Crippen LogP) is 2.28. The summed E-state index contributed by atoms with van der Waals surface area (Å²) < 4.78 is 0.900. The summed E-state index contributed by atoms with van der Waals surface area (Å²) in [6.45, 7) is 1.70. The first-order chi connectivity index (χ1) is 7.07. The SMILES string of the molecule is CC(C#N)N(C)C(=O)c1ccccc1I. The van der Waals surface area contributed by atoms with Crippen molar-refractivity contribution >= 4 is 28.5 Å². The Morgan fingerprint density at radius 3 is 2.67 bits per heavy atom. The molecule has 0 spiro atoms. The lowest BCUT2D eigenvalue weighted by atomic mass is 10.2. The third kappa shape index (κ3) is 2.69. The summed E-state index contributed by atoms with van der Waals surface area (Å²) in [5.74, 6) is -0.117. The summed E-state index contributed by atoms with van der Waals surface area (Å²) in [5, 5.41) is 8.72. The van der Waals surface area contributed by atoms with Crippen molar-refractivity contribution in [1.82, 2.24) is 4.90 Å². The molecule has 1 aromatic rings. The van der Waals surface area contributed by atoms with E-state index in [0.29, 0.717) is 5.56 Å². The number of carbonyl (C=O) groups is 1. The van der Waals surface area contributed by atoms with Crippen LogP contribution < -0.4 is 0 Å². The van der Waals surface area contributed by atoms with Crippen LogP contribution in [0.5, 0.6) is 0 Å². The van der Waals surface area contributed by atoms with Crippen LogP contribution in [0.4, 0.5) is 0 Å². The van der Waals surface area contributed by atoms with Gasteiger partial charge < -0.3 is 4.90 Å². The molecule has 0 aliphatic rings. The minimum atomic E-state index is -0.409. The average Bonchev–Trinajstić information content (AvgIpc) is 2.26. The Morgan fingerprint density at radius 2 is 2.13 bits per heavy atom. The van der Waals surface area contributed by atoms with Gasteiger partial charge in [-0.1, -0.05) is 12.1 Å². The number of halogens is 1. The van der Waals surface area contributed by atoms with Crippen LogP contribution in [0.2, 0.25) is 0 Å². The lowest BCUT2D eigenvalue weighted by molar-refractivity contribution is 0.0772. The molecule has 1 atom stereocenters. The normalized spacial score (nSPS) is 11.6. The van der Waals surface area contributed by atoms with Crippen LogP contribution in [-0.2, 0) is 0 Å². The Kier molecular flexibility index (Phi) is 4.09. The van der Waals surface area contributed by atoms with E-state index in [4.69, 9.17) is 5.26 Å². The molecule has 1 unspecified atom stereocenters. The molecule has 0 fully saturated rings. The van der Waals surface area contributed by atoms with Crippen LogP contribution >= 0.6 is 22.6 Å². The molecule has 0 heterocycles. The predicted molar refractivity (Wildman–Crippen MR) is 66.3 cm³/mol. The van der Waals surface area contributed by atoms with Gasteiger partial charge in [0.05, 0.1) is 11.6 Å². The zero-order chi connectivity index (χ0) is 11.4. The second-order valence-corrected chi connectivity index (χ2v) is 4.36. The number of benzene rings is 1. The fraction of sp³-hybridized carbons (Fsp3) is 0.273. The second kappa shape index (κ2) is 5.12. The molecule has 1 rings (SSSR count). The largest absolute Gasteiger partial charge is 0.326 e. The van der Waals surface area contributed by atoms with E-state index < -0.39 is 6.04 Å². The van der Waals surface area contributed by atoms with Gasteiger partial charge in [0.2, 0.25) is 0 Å². The van der Waals surface area contributed by atoms with Crippen molar-refractivity contribution in [3.05, 3.63) is 33.4 Å². The fourth-order valence-electron chi connectivity index (χ4n) is 1.09. The van der Waals surface area contributed by atoms with Crippen molar-refractivity contribution in [2.24, 2.45) is 0 Å². The van der Waals surface area contributed by atoms with Crippen LogP contribution in [0.15, 0.2) is 24.3 Å². The van der Waals surface area contributed by atoms with E-state index >= 15 is 0 Å². The van der Waals surface area contributed by atoms with E-state index in [1.165, 1.54) is 4.90 Å². The molecule has 0 N–H and O–H groups in total. The maximum Gasteiger partial charge on any atom is 0.255 e. The smallest absolute Gasteiger partial charge is 0.255 e. The quantitative estimate of drug-likeness (QED) is 0.786. The molecule has 0 aliphatic heterocycles. The molecule has 15 heavy (non-hydrogen) atoms. The Morgan fingerprint density at radius 1 is 1.53 bits per heavy atom. The number of hydrogen-bond acceptors (Lipinski definition) is 2. The summed E-state index contributed by atoms with van der Waals surface area (Å²) >= 11 is 2.11. The molecule has 1 amide bonds. The zero-order valence-corrected chi connectivity index (χ0v) is 10.7. The van der Waals surface area contributed by atoms with Crippen LogP contribution in [0.3, 0.4) is 0 Å².